The minimum atomic E-state index is 1.15. The van der Waals surface area contributed by atoms with E-state index in [2.05, 4.69) is 37.3 Å². The molecule has 0 saturated carbocycles. The normalized spacial score (nSPS) is 10.8. The van der Waals surface area contributed by atoms with E-state index in [-0.39, 0.29) is 0 Å². The topological polar surface area (TPSA) is 0 Å². The highest BCUT2D eigenvalue weighted by molar-refractivity contribution is 5.12. The molecule has 1 rings (SSSR count). The number of hydrogen-bond donors (Lipinski definition) is 0. The van der Waals surface area contributed by atoms with Gasteiger partial charge in [-0.3, -0.25) is 0 Å². The van der Waals surface area contributed by atoms with Crippen molar-refractivity contribution in [3.63, 3.8) is 0 Å². The molecule has 0 spiro atoms. The fourth-order valence-electron chi connectivity index (χ4n) is 1.28. The summed E-state index contributed by atoms with van der Waals surface area (Å²) in [6.07, 6.45) is 9.22. The fourth-order valence-corrected chi connectivity index (χ4v) is 1.28. The molecule has 0 amide bonds. The first-order chi connectivity index (χ1) is 6.43. The Kier molecular flexibility index (Phi) is 5.00. The lowest BCUT2D eigenvalue weighted by Crippen LogP contribution is -1.83. The van der Waals surface area contributed by atoms with Gasteiger partial charge in [0.15, 0.2) is 0 Å². The van der Waals surface area contributed by atoms with E-state index in [0.29, 0.717) is 0 Å². The van der Waals surface area contributed by atoms with Gasteiger partial charge in [-0.15, -0.1) is 0 Å². The molecule has 0 atom stereocenters. The van der Waals surface area contributed by atoms with Crippen LogP contribution in [0.1, 0.15) is 31.7 Å². The second-order valence-electron chi connectivity index (χ2n) is 3.16. The summed E-state index contributed by atoms with van der Waals surface area (Å²) in [6.45, 7) is 2.17. The molecule has 13 heavy (non-hydrogen) atoms. The van der Waals surface area contributed by atoms with Crippen LogP contribution < -0.4 is 0 Å². The Labute approximate surface area is 81.3 Å². The third-order valence-electron chi connectivity index (χ3n) is 1.99. The van der Waals surface area contributed by atoms with Gasteiger partial charge in [-0.25, -0.2) is 0 Å². The van der Waals surface area contributed by atoms with Crippen LogP contribution in [0.2, 0.25) is 0 Å². The average molecular weight is 173 g/mol. The van der Waals surface area contributed by atoms with Crippen molar-refractivity contribution < 1.29 is 0 Å². The van der Waals surface area contributed by atoms with Gasteiger partial charge in [-0.1, -0.05) is 43.3 Å². The molecule has 0 saturated heterocycles. The van der Waals surface area contributed by atoms with Crippen LogP contribution in [-0.2, 0) is 6.42 Å². The van der Waals surface area contributed by atoms with Crippen molar-refractivity contribution in [1.29, 1.82) is 0 Å². The van der Waals surface area contributed by atoms with E-state index in [4.69, 9.17) is 0 Å². The van der Waals surface area contributed by atoms with Crippen molar-refractivity contribution in [3.8, 4) is 0 Å². The van der Waals surface area contributed by atoms with Crippen molar-refractivity contribution in [1.82, 2.24) is 0 Å². The number of rotatable bonds is 5. The summed E-state index contributed by atoms with van der Waals surface area (Å²) in [7, 11) is 0. The number of hydrogen-bond acceptors (Lipinski definition) is 0. The maximum absolute atomic E-state index is 3.24. The Morgan fingerprint density at radius 2 is 2.23 bits per heavy atom. The first-order valence-electron chi connectivity index (χ1n) is 5.04. The summed E-state index contributed by atoms with van der Waals surface area (Å²) < 4.78 is 0. The SMILES string of the molecule is CCC=CCCCc1[c]cccc1. The third kappa shape index (κ3) is 4.51. The van der Waals surface area contributed by atoms with Crippen molar-refractivity contribution in [2.24, 2.45) is 0 Å². The summed E-state index contributed by atoms with van der Waals surface area (Å²) in [6, 6.07) is 11.5. The van der Waals surface area contributed by atoms with E-state index < -0.39 is 0 Å². The molecule has 0 aromatic heterocycles. The van der Waals surface area contributed by atoms with E-state index in [9.17, 15) is 0 Å². The summed E-state index contributed by atoms with van der Waals surface area (Å²) in [5.74, 6) is 0. The molecule has 0 bridgehead atoms. The summed E-state index contributed by atoms with van der Waals surface area (Å²) >= 11 is 0. The lowest BCUT2D eigenvalue weighted by molar-refractivity contribution is 0.839. The molecule has 0 fully saturated rings. The molecule has 1 aromatic carbocycles. The van der Waals surface area contributed by atoms with Crippen LogP contribution in [0, 0.1) is 6.07 Å². The lowest BCUT2D eigenvalue weighted by Gasteiger charge is -1.97. The molecule has 0 unspecified atom stereocenters. The largest absolute Gasteiger partial charge is 0.0888 e. The van der Waals surface area contributed by atoms with Crippen LogP contribution in [-0.4, -0.2) is 0 Å². The number of allylic oxidation sites excluding steroid dienone is 2. The molecular weight excluding hydrogens is 156 g/mol. The van der Waals surface area contributed by atoms with Gasteiger partial charge in [0.1, 0.15) is 0 Å². The minimum absolute atomic E-state index is 1.15. The molecule has 0 aliphatic heterocycles. The average Bonchev–Trinajstić information content (AvgIpc) is 2.19. The molecule has 0 heterocycles. The van der Waals surface area contributed by atoms with Gasteiger partial charge in [0.05, 0.1) is 0 Å². The standard InChI is InChI=1S/C13H17/c1-2-3-4-5-7-10-13-11-8-6-9-12-13/h3-4,6,8-9,11H,2,5,7,10H2,1H3. The summed E-state index contributed by atoms with van der Waals surface area (Å²) in [5.41, 5.74) is 1.33. The first kappa shape index (κ1) is 10.0. The zero-order valence-corrected chi connectivity index (χ0v) is 8.29. The van der Waals surface area contributed by atoms with Gasteiger partial charge in [0.2, 0.25) is 0 Å². The van der Waals surface area contributed by atoms with Gasteiger partial charge in [-0.2, -0.15) is 0 Å². The van der Waals surface area contributed by atoms with E-state index in [1.54, 1.807) is 0 Å². The molecule has 69 valence electrons. The smallest absolute Gasteiger partial charge is 0.0149 e. The zero-order chi connectivity index (χ0) is 9.36. The minimum Gasteiger partial charge on any atom is -0.0888 e. The highest BCUT2D eigenvalue weighted by Crippen LogP contribution is 2.04. The van der Waals surface area contributed by atoms with E-state index >= 15 is 0 Å². The second-order valence-corrected chi connectivity index (χ2v) is 3.16. The van der Waals surface area contributed by atoms with Crippen LogP contribution in [0.4, 0.5) is 0 Å². The van der Waals surface area contributed by atoms with Crippen LogP contribution in [0.3, 0.4) is 0 Å². The fraction of sp³-hybridized carbons (Fsp3) is 0.385. The van der Waals surface area contributed by atoms with E-state index in [1.807, 2.05) is 12.1 Å². The predicted molar refractivity (Wildman–Crippen MR) is 57.6 cm³/mol. The van der Waals surface area contributed by atoms with Gasteiger partial charge in [-0.05, 0) is 37.3 Å². The molecule has 1 radical (unpaired) electrons. The molecule has 1 aromatic rings. The highest BCUT2D eigenvalue weighted by atomic mass is 13.9. The van der Waals surface area contributed by atoms with E-state index in [0.717, 1.165) is 12.8 Å². The van der Waals surface area contributed by atoms with Crippen LogP contribution in [0.25, 0.3) is 0 Å². The summed E-state index contributed by atoms with van der Waals surface area (Å²) in [5, 5.41) is 0. The monoisotopic (exact) mass is 173 g/mol. The number of aryl methyl sites for hydroxylation is 1. The van der Waals surface area contributed by atoms with Crippen molar-refractivity contribution in [2.45, 2.75) is 32.6 Å². The maximum atomic E-state index is 3.24. The Bertz CT molecular complexity index is 233. The van der Waals surface area contributed by atoms with Crippen molar-refractivity contribution >= 4 is 0 Å². The molecule has 0 aliphatic carbocycles. The van der Waals surface area contributed by atoms with Crippen LogP contribution in [0.15, 0.2) is 36.4 Å². The molecule has 0 N–H and O–H groups in total. The van der Waals surface area contributed by atoms with Crippen molar-refractivity contribution in [2.75, 3.05) is 0 Å². The Morgan fingerprint density at radius 3 is 2.92 bits per heavy atom. The van der Waals surface area contributed by atoms with Crippen molar-refractivity contribution in [3.05, 3.63) is 48.0 Å². The van der Waals surface area contributed by atoms with Gasteiger partial charge in [0.25, 0.3) is 0 Å². The van der Waals surface area contributed by atoms with Gasteiger partial charge >= 0.3 is 0 Å². The second kappa shape index (κ2) is 6.47. The molecule has 0 aliphatic rings. The number of benzene rings is 1. The predicted octanol–water partition coefficient (Wildman–Crippen LogP) is 3.78. The van der Waals surface area contributed by atoms with Gasteiger partial charge in [0, 0.05) is 0 Å². The van der Waals surface area contributed by atoms with Crippen LogP contribution in [0.5, 0.6) is 0 Å². The highest BCUT2D eigenvalue weighted by Gasteiger charge is 1.89. The number of unbranched alkanes of at least 4 members (excludes halogenated alkanes) is 1. The molecule has 0 nitrogen and oxygen atoms in total. The molecule has 0 heteroatoms. The Morgan fingerprint density at radius 1 is 1.31 bits per heavy atom. The van der Waals surface area contributed by atoms with Crippen LogP contribution >= 0.6 is 0 Å². The Balaban J connectivity index is 2.17. The molecular formula is C13H17. The zero-order valence-electron chi connectivity index (χ0n) is 8.29. The van der Waals surface area contributed by atoms with Gasteiger partial charge < -0.3 is 0 Å². The maximum Gasteiger partial charge on any atom is -0.0149 e. The first-order valence-corrected chi connectivity index (χ1v) is 5.04. The Hall–Kier alpha value is -1.04. The lowest BCUT2D eigenvalue weighted by atomic mass is 10.1. The third-order valence-corrected chi connectivity index (χ3v) is 1.99. The van der Waals surface area contributed by atoms with E-state index in [1.165, 1.54) is 18.4 Å². The quantitative estimate of drug-likeness (QED) is 0.469. The summed E-state index contributed by atoms with van der Waals surface area (Å²) in [4.78, 5) is 0.